The number of aryl methyl sites for hydroxylation is 1. The molecule has 0 amide bonds. The number of hydrogen-bond donors (Lipinski definition) is 0. The molecule has 0 aliphatic heterocycles. The Kier molecular flexibility index (Phi) is 4.26. The van der Waals surface area contributed by atoms with E-state index in [2.05, 4.69) is 65.3 Å². The molecule has 1 aliphatic carbocycles. The Hall–Kier alpha value is -1.08. The molecule has 0 heterocycles. The Bertz CT molecular complexity index is 583. The van der Waals surface area contributed by atoms with Gasteiger partial charge in [-0.15, -0.1) is 0 Å². The van der Waals surface area contributed by atoms with Crippen molar-refractivity contribution >= 4 is 15.9 Å². The SMILES string of the molecule is CCCC1CCc2cc(-c3ccc(Br)cc3)ccc2C1. The number of rotatable bonds is 3. The van der Waals surface area contributed by atoms with E-state index >= 15 is 0 Å². The molecule has 0 fully saturated rings. The summed E-state index contributed by atoms with van der Waals surface area (Å²) in [4.78, 5) is 0. The molecule has 2 aromatic carbocycles. The van der Waals surface area contributed by atoms with Crippen LogP contribution in [0.3, 0.4) is 0 Å². The largest absolute Gasteiger partial charge is 0.0654 e. The Morgan fingerprint density at radius 2 is 1.75 bits per heavy atom. The fourth-order valence-corrected chi connectivity index (χ4v) is 3.57. The van der Waals surface area contributed by atoms with E-state index in [0.29, 0.717) is 0 Å². The van der Waals surface area contributed by atoms with Crippen LogP contribution in [0.1, 0.15) is 37.3 Å². The highest BCUT2D eigenvalue weighted by Crippen LogP contribution is 2.31. The van der Waals surface area contributed by atoms with Gasteiger partial charge in [0.2, 0.25) is 0 Å². The maximum absolute atomic E-state index is 3.50. The van der Waals surface area contributed by atoms with Gasteiger partial charge in [-0.05, 0) is 59.6 Å². The van der Waals surface area contributed by atoms with Crippen LogP contribution in [-0.2, 0) is 12.8 Å². The average Bonchev–Trinajstić information content (AvgIpc) is 2.48. The molecule has 1 atom stereocenters. The number of fused-ring (bicyclic) bond motifs is 1. The molecule has 1 heteroatoms. The summed E-state index contributed by atoms with van der Waals surface area (Å²) in [7, 11) is 0. The summed E-state index contributed by atoms with van der Waals surface area (Å²) < 4.78 is 1.14. The fraction of sp³-hybridized carbons (Fsp3) is 0.368. The van der Waals surface area contributed by atoms with Crippen molar-refractivity contribution in [3.63, 3.8) is 0 Å². The normalized spacial score (nSPS) is 17.8. The minimum Gasteiger partial charge on any atom is -0.0654 e. The first-order chi connectivity index (χ1) is 9.76. The zero-order valence-corrected chi connectivity index (χ0v) is 13.6. The highest BCUT2D eigenvalue weighted by atomic mass is 79.9. The van der Waals surface area contributed by atoms with E-state index in [1.807, 2.05) is 0 Å². The maximum Gasteiger partial charge on any atom is 0.0175 e. The molecule has 0 nitrogen and oxygen atoms in total. The van der Waals surface area contributed by atoms with E-state index in [9.17, 15) is 0 Å². The van der Waals surface area contributed by atoms with Gasteiger partial charge < -0.3 is 0 Å². The highest BCUT2D eigenvalue weighted by molar-refractivity contribution is 9.10. The molecule has 104 valence electrons. The predicted octanol–water partition coefficient (Wildman–Crippen LogP) is 6.02. The molecule has 0 aromatic heterocycles. The molecule has 0 spiro atoms. The van der Waals surface area contributed by atoms with E-state index in [0.717, 1.165) is 10.4 Å². The maximum atomic E-state index is 3.50. The van der Waals surface area contributed by atoms with Gasteiger partial charge in [-0.2, -0.15) is 0 Å². The molecule has 0 saturated heterocycles. The molecule has 0 bridgehead atoms. The van der Waals surface area contributed by atoms with Gasteiger partial charge in [-0.1, -0.05) is 66.0 Å². The van der Waals surface area contributed by atoms with Crippen LogP contribution < -0.4 is 0 Å². The van der Waals surface area contributed by atoms with Crippen LogP contribution in [0.2, 0.25) is 0 Å². The predicted molar refractivity (Wildman–Crippen MR) is 90.0 cm³/mol. The minimum atomic E-state index is 0.908. The lowest BCUT2D eigenvalue weighted by Crippen LogP contribution is -2.14. The molecule has 0 saturated carbocycles. The second kappa shape index (κ2) is 6.13. The summed E-state index contributed by atoms with van der Waals surface area (Å²) in [6, 6.07) is 15.7. The van der Waals surface area contributed by atoms with Crippen molar-refractivity contribution in [2.45, 2.75) is 39.0 Å². The molecule has 0 N–H and O–H groups in total. The Morgan fingerprint density at radius 3 is 2.50 bits per heavy atom. The lowest BCUT2D eigenvalue weighted by molar-refractivity contribution is 0.423. The van der Waals surface area contributed by atoms with Crippen molar-refractivity contribution in [3.8, 4) is 11.1 Å². The second-order valence-corrected chi connectivity index (χ2v) is 6.80. The molecule has 3 rings (SSSR count). The van der Waals surface area contributed by atoms with Crippen LogP contribution in [0.5, 0.6) is 0 Å². The topological polar surface area (TPSA) is 0 Å². The van der Waals surface area contributed by atoms with Gasteiger partial charge in [0.05, 0.1) is 0 Å². The summed E-state index contributed by atoms with van der Waals surface area (Å²) >= 11 is 3.50. The summed E-state index contributed by atoms with van der Waals surface area (Å²) in [5, 5.41) is 0. The van der Waals surface area contributed by atoms with Crippen LogP contribution in [0.25, 0.3) is 11.1 Å². The second-order valence-electron chi connectivity index (χ2n) is 5.89. The van der Waals surface area contributed by atoms with Crippen molar-refractivity contribution in [1.82, 2.24) is 0 Å². The van der Waals surface area contributed by atoms with Crippen molar-refractivity contribution in [1.29, 1.82) is 0 Å². The third kappa shape index (κ3) is 2.98. The molecule has 0 radical (unpaired) electrons. The molecular formula is C19H21Br. The van der Waals surface area contributed by atoms with Gasteiger partial charge in [0.25, 0.3) is 0 Å². The van der Waals surface area contributed by atoms with Gasteiger partial charge in [-0.3, -0.25) is 0 Å². The van der Waals surface area contributed by atoms with Crippen LogP contribution in [-0.4, -0.2) is 0 Å². The van der Waals surface area contributed by atoms with Crippen molar-refractivity contribution in [3.05, 3.63) is 58.1 Å². The van der Waals surface area contributed by atoms with Gasteiger partial charge >= 0.3 is 0 Å². The number of hydrogen-bond acceptors (Lipinski definition) is 0. The summed E-state index contributed by atoms with van der Waals surface area (Å²) in [5.41, 5.74) is 5.81. The van der Waals surface area contributed by atoms with Crippen molar-refractivity contribution in [2.75, 3.05) is 0 Å². The van der Waals surface area contributed by atoms with Crippen LogP contribution >= 0.6 is 15.9 Å². The van der Waals surface area contributed by atoms with E-state index in [1.165, 1.54) is 43.2 Å². The first kappa shape index (κ1) is 13.9. The van der Waals surface area contributed by atoms with Gasteiger partial charge in [0.15, 0.2) is 0 Å². The monoisotopic (exact) mass is 328 g/mol. The Balaban J connectivity index is 1.85. The van der Waals surface area contributed by atoms with E-state index in [1.54, 1.807) is 11.1 Å². The Labute approximate surface area is 130 Å². The smallest absolute Gasteiger partial charge is 0.0175 e. The number of halogens is 1. The van der Waals surface area contributed by atoms with Crippen LogP contribution in [0, 0.1) is 5.92 Å². The van der Waals surface area contributed by atoms with Crippen LogP contribution in [0.15, 0.2) is 46.9 Å². The molecular weight excluding hydrogens is 308 g/mol. The molecule has 20 heavy (non-hydrogen) atoms. The zero-order chi connectivity index (χ0) is 13.9. The average molecular weight is 329 g/mol. The first-order valence-electron chi connectivity index (χ1n) is 7.64. The highest BCUT2D eigenvalue weighted by Gasteiger charge is 2.18. The summed E-state index contributed by atoms with van der Waals surface area (Å²) in [6.45, 7) is 2.30. The standard InChI is InChI=1S/C19H21Br/c1-2-3-14-4-5-18-13-17(7-6-16(18)12-14)15-8-10-19(20)11-9-15/h6-11,13-14H,2-5,12H2,1H3. The zero-order valence-electron chi connectivity index (χ0n) is 12.0. The first-order valence-corrected chi connectivity index (χ1v) is 8.43. The third-order valence-electron chi connectivity index (χ3n) is 4.41. The van der Waals surface area contributed by atoms with E-state index in [4.69, 9.17) is 0 Å². The van der Waals surface area contributed by atoms with E-state index < -0.39 is 0 Å². The fourth-order valence-electron chi connectivity index (χ4n) is 3.31. The molecule has 1 aliphatic rings. The molecule has 1 unspecified atom stereocenters. The van der Waals surface area contributed by atoms with Gasteiger partial charge in [0, 0.05) is 4.47 Å². The summed E-state index contributed by atoms with van der Waals surface area (Å²) in [5.74, 6) is 0.908. The van der Waals surface area contributed by atoms with Gasteiger partial charge in [0.1, 0.15) is 0 Å². The lowest BCUT2D eigenvalue weighted by Gasteiger charge is -2.24. The van der Waals surface area contributed by atoms with Gasteiger partial charge in [-0.25, -0.2) is 0 Å². The minimum absolute atomic E-state index is 0.908. The lowest BCUT2D eigenvalue weighted by atomic mass is 9.81. The quantitative estimate of drug-likeness (QED) is 0.646. The summed E-state index contributed by atoms with van der Waals surface area (Å²) in [6.07, 6.45) is 6.60. The van der Waals surface area contributed by atoms with Crippen molar-refractivity contribution < 1.29 is 0 Å². The van der Waals surface area contributed by atoms with Crippen LogP contribution in [0.4, 0.5) is 0 Å². The van der Waals surface area contributed by atoms with E-state index in [-0.39, 0.29) is 0 Å². The molecule has 2 aromatic rings. The Morgan fingerprint density at radius 1 is 1.00 bits per heavy atom. The van der Waals surface area contributed by atoms with Crippen molar-refractivity contribution in [2.24, 2.45) is 5.92 Å². The number of benzene rings is 2. The third-order valence-corrected chi connectivity index (χ3v) is 4.94.